The first-order chi connectivity index (χ1) is 19.1. The zero-order chi connectivity index (χ0) is 27.7. The van der Waals surface area contributed by atoms with Crippen molar-refractivity contribution in [3.8, 4) is 17.2 Å². The van der Waals surface area contributed by atoms with Gasteiger partial charge in [-0.25, -0.2) is 9.59 Å². The third kappa shape index (κ3) is 11.0. The Kier molecular flexibility index (Phi) is 13.1. The zero-order valence-electron chi connectivity index (χ0n) is 23.5. The maximum Gasteiger partial charge on any atom is 0.343 e. The minimum Gasteiger partial charge on any atom is -0.494 e. The van der Waals surface area contributed by atoms with Gasteiger partial charge in [-0.2, -0.15) is 0 Å². The minimum absolute atomic E-state index is 0.366. The number of aryl methyl sites for hydroxylation is 1. The Hall–Kier alpha value is -3.60. The Morgan fingerprint density at radius 3 is 1.51 bits per heavy atom. The summed E-state index contributed by atoms with van der Waals surface area (Å²) in [5, 5.41) is 0. The van der Waals surface area contributed by atoms with Gasteiger partial charge in [0.2, 0.25) is 0 Å². The van der Waals surface area contributed by atoms with E-state index in [4.69, 9.17) is 14.2 Å². The first-order valence-corrected chi connectivity index (χ1v) is 14.4. The van der Waals surface area contributed by atoms with E-state index in [1.807, 2.05) is 12.1 Å². The summed E-state index contributed by atoms with van der Waals surface area (Å²) in [6, 6.07) is 21.0. The molecule has 0 aromatic heterocycles. The molecule has 3 aromatic carbocycles. The van der Waals surface area contributed by atoms with E-state index in [1.165, 1.54) is 56.9 Å². The van der Waals surface area contributed by atoms with E-state index in [1.54, 1.807) is 60.7 Å². The number of ether oxygens (including phenoxy) is 3. The molecular weight excluding hydrogens is 488 g/mol. The lowest BCUT2D eigenvalue weighted by Gasteiger charge is -2.09. The number of carbonyl (C=O) groups excluding carboxylic acids is 2. The van der Waals surface area contributed by atoms with Gasteiger partial charge >= 0.3 is 11.9 Å². The van der Waals surface area contributed by atoms with Gasteiger partial charge in [-0.1, -0.05) is 77.3 Å². The fraction of sp³-hybridized carbons (Fsp3) is 0.412. The first kappa shape index (κ1) is 29.9. The van der Waals surface area contributed by atoms with Crippen LogP contribution in [0.5, 0.6) is 17.2 Å². The summed E-state index contributed by atoms with van der Waals surface area (Å²) in [7, 11) is 0. The van der Waals surface area contributed by atoms with Gasteiger partial charge in [0.05, 0.1) is 17.7 Å². The maximum atomic E-state index is 12.6. The number of hydrogen-bond donors (Lipinski definition) is 0. The third-order valence-corrected chi connectivity index (χ3v) is 6.61. The van der Waals surface area contributed by atoms with Crippen molar-refractivity contribution in [2.24, 2.45) is 0 Å². The summed E-state index contributed by atoms with van der Waals surface area (Å²) < 4.78 is 16.7. The maximum absolute atomic E-state index is 12.6. The zero-order valence-corrected chi connectivity index (χ0v) is 23.5. The van der Waals surface area contributed by atoms with Crippen molar-refractivity contribution in [3.05, 3.63) is 89.5 Å². The highest BCUT2D eigenvalue weighted by Crippen LogP contribution is 2.21. The minimum atomic E-state index is -0.483. The molecule has 0 N–H and O–H groups in total. The van der Waals surface area contributed by atoms with Gasteiger partial charge < -0.3 is 14.2 Å². The summed E-state index contributed by atoms with van der Waals surface area (Å²) >= 11 is 0. The molecule has 39 heavy (non-hydrogen) atoms. The van der Waals surface area contributed by atoms with E-state index < -0.39 is 11.9 Å². The van der Waals surface area contributed by atoms with Crippen molar-refractivity contribution in [1.29, 1.82) is 0 Å². The van der Waals surface area contributed by atoms with Gasteiger partial charge in [-0.3, -0.25) is 0 Å². The molecule has 0 atom stereocenters. The van der Waals surface area contributed by atoms with Crippen molar-refractivity contribution in [2.75, 3.05) is 6.61 Å². The lowest BCUT2D eigenvalue weighted by Crippen LogP contribution is -2.10. The Bertz CT molecular complexity index is 1120. The van der Waals surface area contributed by atoms with Crippen LogP contribution in [0, 0.1) is 0 Å². The van der Waals surface area contributed by atoms with E-state index in [2.05, 4.69) is 13.8 Å². The highest BCUT2D eigenvalue weighted by Gasteiger charge is 2.12. The molecule has 0 aliphatic carbocycles. The fourth-order valence-corrected chi connectivity index (χ4v) is 4.23. The molecule has 208 valence electrons. The fourth-order valence-electron chi connectivity index (χ4n) is 4.23. The molecule has 5 nitrogen and oxygen atoms in total. The second-order valence-electron chi connectivity index (χ2n) is 9.90. The number of rotatable bonds is 17. The molecule has 0 fully saturated rings. The molecule has 3 aromatic rings. The molecule has 0 radical (unpaired) electrons. The number of unbranched alkanes of at least 4 members (excludes halogenated alkanes) is 8. The van der Waals surface area contributed by atoms with Gasteiger partial charge in [0.25, 0.3) is 0 Å². The largest absolute Gasteiger partial charge is 0.494 e. The second kappa shape index (κ2) is 17.1. The van der Waals surface area contributed by atoms with Crippen LogP contribution < -0.4 is 14.2 Å². The van der Waals surface area contributed by atoms with E-state index in [-0.39, 0.29) is 0 Å². The lowest BCUT2D eigenvalue weighted by atomic mass is 10.0. The average Bonchev–Trinajstić information content (AvgIpc) is 2.96. The van der Waals surface area contributed by atoms with Crippen LogP contribution in [0.3, 0.4) is 0 Å². The van der Waals surface area contributed by atoms with Crippen LogP contribution in [0.15, 0.2) is 72.8 Å². The van der Waals surface area contributed by atoms with Crippen LogP contribution in [-0.4, -0.2) is 18.5 Å². The number of esters is 2. The number of benzene rings is 3. The third-order valence-electron chi connectivity index (χ3n) is 6.61. The van der Waals surface area contributed by atoms with Crippen molar-refractivity contribution in [3.63, 3.8) is 0 Å². The Morgan fingerprint density at radius 2 is 0.949 bits per heavy atom. The average molecular weight is 531 g/mol. The van der Waals surface area contributed by atoms with Gasteiger partial charge in [-0.05, 0) is 85.5 Å². The van der Waals surface area contributed by atoms with Crippen LogP contribution in [0.4, 0.5) is 0 Å². The standard InChI is InChI=1S/C34H42O5/c1-3-5-7-9-10-12-26-37-30-22-24-32(25-23-30)39-34(36)29-18-20-31(21-19-29)38-33(35)28-16-14-27(15-17-28)13-11-8-6-4-2/h14-25H,3-13,26H2,1-2H3. The van der Waals surface area contributed by atoms with Crippen LogP contribution in [0.2, 0.25) is 0 Å². The molecular formula is C34H42O5. The monoisotopic (exact) mass is 530 g/mol. The molecule has 0 bridgehead atoms. The smallest absolute Gasteiger partial charge is 0.343 e. The predicted octanol–water partition coefficient (Wildman–Crippen LogP) is 8.99. The lowest BCUT2D eigenvalue weighted by molar-refractivity contribution is 0.0730. The molecule has 0 saturated carbocycles. The quantitative estimate of drug-likeness (QED) is 0.0990. The van der Waals surface area contributed by atoms with Crippen LogP contribution in [0.25, 0.3) is 0 Å². The molecule has 5 heteroatoms. The Morgan fingerprint density at radius 1 is 0.513 bits per heavy atom. The molecule has 0 unspecified atom stereocenters. The van der Waals surface area contributed by atoms with Gasteiger partial charge in [0.15, 0.2) is 0 Å². The summed E-state index contributed by atoms with van der Waals surface area (Å²) in [5.74, 6) is 0.657. The number of hydrogen-bond acceptors (Lipinski definition) is 5. The normalized spacial score (nSPS) is 10.7. The van der Waals surface area contributed by atoms with Gasteiger partial charge in [0.1, 0.15) is 17.2 Å². The van der Waals surface area contributed by atoms with Crippen LogP contribution >= 0.6 is 0 Å². The summed E-state index contributed by atoms with van der Waals surface area (Å²) in [4.78, 5) is 25.1. The van der Waals surface area contributed by atoms with Gasteiger partial charge in [-0.15, -0.1) is 0 Å². The molecule has 0 saturated heterocycles. The van der Waals surface area contributed by atoms with Crippen molar-refractivity contribution >= 4 is 11.9 Å². The molecule has 0 aliphatic heterocycles. The highest BCUT2D eigenvalue weighted by molar-refractivity contribution is 5.92. The van der Waals surface area contributed by atoms with Crippen LogP contribution in [-0.2, 0) is 6.42 Å². The van der Waals surface area contributed by atoms with E-state index in [0.717, 1.165) is 25.0 Å². The Balaban J connectivity index is 1.41. The summed E-state index contributed by atoms with van der Waals surface area (Å²) in [6.45, 7) is 5.11. The molecule has 0 amide bonds. The van der Waals surface area contributed by atoms with Gasteiger partial charge in [0, 0.05) is 0 Å². The summed E-state index contributed by atoms with van der Waals surface area (Å²) in [6.07, 6.45) is 13.2. The van der Waals surface area contributed by atoms with Crippen molar-refractivity contribution < 1.29 is 23.8 Å². The summed E-state index contributed by atoms with van der Waals surface area (Å²) in [5.41, 5.74) is 2.08. The Labute approximate surface area is 233 Å². The number of carbonyl (C=O) groups is 2. The topological polar surface area (TPSA) is 61.8 Å². The van der Waals surface area contributed by atoms with Crippen molar-refractivity contribution in [2.45, 2.75) is 84.5 Å². The van der Waals surface area contributed by atoms with Crippen molar-refractivity contribution in [1.82, 2.24) is 0 Å². The molecule has 0 heterocycles. The molecule has 0 spiro atoms. The van der Waals surface area contributed by atoms with Crippen LogP contribution in [0.1, 0.15) is 104 Å². The first-order valence-electron chi connectivity index (χ1n) is 14.4. The molecule has 3 rings (SSSR count). The SMILES string of the molecule is CCCCCCCCOc1ccc(OC(=O)c2ccc(OC(=O)c3ccc(CCCCCC)cc3)cc2)cc1. The predicted molar refractivity (Wildman–Crippen MR) is 156 cm³/mol. The van der Waals surface area contributed by atoms with E-state index >= 15 is 0 Å². The molecule has 0 aliphatic rings. The highest BCUT2D eigenvalue weighted by atomic mass is 16.5. The van der Waals surface area contributed by atoms with E-state index in [0.29, 0.717) is 29.2 Å². The second-order valence-corrected chi connectivity index (χ2v) is 9.90. The van der Waals surface area contributed by atoms with E-state index in [9.17, 15) is 9.59 Å².